The molecule has 0 unspecified atom stereocenters. The molecule has 0 heteroatoms. The Morgan fingerprint density at radius 1 is 0.500 bits per heavy atom. The van der Waals surface area contributed by atoms with Crippen LogP contribution in [-0.2, 0) is 0 Å². The third-order valence-corrected chi connectivity index (χ3v) is 4.70. The van der Waals surface area contributed by atoms with E-state index in [1.54, 1.807) is 0 Å². The maximum Gasteiger partial charge on any atom is -0.00141 e. The van der Waals surface area contributed by atoms with E-state index in [-0.39, 0.29) is 0 Å². The summed E-state index contributed by atoms with van der Waals surface area (Å²) in [6.07, 6.45) is 0. The highest BCUT2D eigenvalue weighted by Gasteiger charge is 2.05. The molecule has 0 atom stereocenters. The zero-order chi connectivity index (χ0) is 15.9. The lowest BCUT2D eigenvalue weighted by atomic mass is 9.95. The summed E-state index contributed by atoms with van der Waals surface area (Å²) in [6.45, 7) is 0. The first-order chi connectivity index (χ1) is 11.9. The first kappa shape index (κ1) is 13.3. The molecular weight excluding hydrogens is 288 g/mol. The normalized spacial score (nSPS) is 11.3. The van der Waals surface area contributed by atoms with Gasteiger partial charge in [-0.15, -0.1) is 0 Å². The van der Waals surface area contributed by atoms with Crippen LogP contribution in [0.25, 0.3) is 43.4 Å². The molecule has 111 valence electrons. The van der Waals surface area contributed by atoms with Crippen molar-refractivity contribution in [1.29, 1.82) is 0 Å². The van der Waals surface area contributed by atoms with Gasteiger partial charge in [-0.3, -0.25) is 0 Å². The Morgan fingerprint density at radius 2 is 1.25 bits per heavy atom. The summed E-state index contributed by atoms with van der Waals surface area (Å²) in [5.74, 6) is 0. The van der Waals surface area contributed by atoms with Crippen molar-refractivity contribution in [2.24, 2.45) is 0 Å². The summed E-state index contributed by atoms with van der Waals surface area (Å²) in [7, 11) is 0. The average molecular weight is 303 g/mol. The van der Waals surface area contributed by atoms with Crippen LogP contribution in [0.4, 0.5) is 0 Å². The van der Waals surface area contributed by atoms with Gasteiger partial charge in [-0.05, 0) is 61.6 Å². The molecule has 0 bridgehead atoms. The summed E-state index contributed by atoms with van der Waals surface area (Å²) in [4.78, 5) is 0. The summed E-state index contributed by atoms with van der Waals surface area (Å²) in [5, 5.41) is 7.37. The van der Waals surface area contributed by atoms with Gasteiger partial charge in [0.05, 0.1) is 0 Å². The van der Waals surface area contributed by atoms with Crippen molar-refractivity contribution >= 4 is 32.3 Å². The second-order valence-electron chi connectivity index (χ2n) is 6.19. The fourth-order valence-electron chi connectivity index (χ4n) is 3.48. The van der Waals surface area contributed by atoms with Gasteiger partial charge < -0.3 is 0 Å². The third kappa shape index (κ3) is 2.08. The highest BCUT2D eigenvalue weighted by Crippen LogP contribution is 2.31. The van der Waals surface area contributed by atoms with Gasteiger partial charge in [0.25, 0.3) is 0 Å². The topological polar surface area (TPSA) is 0 Å². The first-order valence-electron chi connectivity index (χ1n) is 8.21. The summed E-state index contributed by atoms with van der Waals surface area (Å²) >= 11 is 0. The van der Waals surface area contributed by atoms with Crippen LogP contribution in [0.5, 0.6) is 0 Å². The van der Waals surface area contributed by atoms with Crippen LogP contribution in [0.2, 0.25) is 0 Å². The Labute approximate surface area is 141 Å². The Kier molecular flexibility index (Phi) is 2.89. The van der Waals surface area contributed by atoms with Crippen LogP contribution in [0.15, 0.2) is 91.0 Å². The van der Waals surface area contributed by atoms with Crippen molar-refractivity contribution in [3.63, 3.8) is 0 Å². The molecule has 1 radical (unpaired) electrons. The zero-order valence-electron chi connectivity index (χ0n) is 13.2. The molecule has 0 fully saturated rings. The van der Waals surface area contributed by atoms with Crippen LogP contribution in [-0.4, -0.2) is 0 Å². The molecule has 0 nitrogen and oxygen atoms in total. The van der Waals surface area contributed by atoms with Gasteiger partial charge in [0.15, 0.2) is 0 Å². The predicted molar refractivity (Wildman–Crippen MR) is 103 cm³/mol. The first-order valence-corrected chi connectivity index (χ1v) is 8.21. The Balaban J connectivity index is 1.78. The van der Waals surface area contributed by atoms with E-state index < -0.39 is 0 Å². The molecule has 0 heterocycles. The quantitative estimate of drug-likeness (QED) is 0.305. The van der Waals surface area contributed by atoms with Gasteiger partial charge in [-0.25, -0.2) is 0 Å². The minimum Gasteiger partial charge on any atom is -0.0616 e. The highest BCUT2D eigenvalue weighted by atomic mass is 14.1. The van der Waals surface area contributed by atoms with Crippen LogP contribution >= 0.6 is 0 Å². The summed E-state index contributed by atoms with van der Waals surface area (Å²) in [5.41, 5.74) is 2.52. The number of benzene rings is 5. The smallest absolute Gasteiger partial charge is 0.00141 e. The van der Waals surface area contributed by atoms with E-state index in [0.29, 0.717) is 0 Å². The van der Waals surface area contributed by atoms with E-state index in [1.807, 2.05) is 0 Å². The predicted octanol–water partition coefficient (Wildman–Crippen LogP) is 6.61. The largest absolute Gasteiger partial charge is 0.0616 e. The Morgan fingerprint density at radius 3 is 2.21 bits per heavy atom. The standard InChI is InChI=1S/C24H15/c1-2-8-19-15-22-16-21(13-12-20(22)14-18(19)7-1)24-11-5-9-17-6-3-4-10-23(17)24/h1-14,16H. The van der Waals surface area contributed by atoms with Gasteiger partial charge in [-0.2, -0.15) is 0 Å². The number of rotatable bonds is 1. The monoisotopic (exact) mass is 303 g/mol. The Hall–Kier alpha value is -3.12. The van der Waals surface area contributed by atoms with E-state index in [9.17, 15) is 0 Å². The molecule has 0 aliphatic rings. The average Bonchev–Trinajstić information content (AvgIpc) is 2.65. The van der Waals surface area contributed by atoms with Crippen molar-refractivity contribution in [2.45, 2.75) is 0 Å². The van der Waals surface area contributed by atoms with Crippen LogP contribution in [0.1, 0.15) is 0 Å². The van der Waals surface area contributed by atoms with Gasteiger partial charge >= 0.3 is 0 Å². The van der Waals surface area contributed by atoms with Crippen molar-refractivity contribution in [3.8, 4) is 11.1 Å². The van der Waals surface area contributed by atoms with Crippen molar-refractivity contribution in [1.82, 2.24) is 0 Å². The van der Waals surface area contributed by atoms with Crippen LogP contribution in [0.3, 0.4) is 0 Å². The molecule has 0 aliphatic carbocycles. The lowest BCUT2D eigenvalue weighted by molar-refractivity contribution is 1.68. The second-order valence-corrected chi connectivity index (χ2v) is 6.19. The molecule has 5 aromatic carbocycles. The van der Waals surface area contributed by atoms with Gasteiger partial charge in [0.1, 0.15) is 0 Å². The molecule has 0 saturated carbocycles. The van der Waals surface area contributed by atoms with E-state index in [0.717, 1.165) is 0 Å². The Bertz CT molecular complexity index is 1190. The molecule has 24 heavy (non-hydrogen) atoms. The van der Waals surface area contributed by atoms with Crippen molar-refractivity contribution in [2.75, 3.05) is 0 Å². The van der Waals surface area contributed by atoms with E-state index in [2.05, 4.69) is 97.1 Å². The zero-order valence-corrected chi connectivity index (χ0v) is 13.2. The minimum absolute atomic E-state index is 1.17. The fraction of sp³-hybridized carbons (Fsp3) is 0. The lowest BCUT2D eigenvalue weighted by Crippen LogP contribution is -1.83. The maximum absolute atomic E-state index is 3.57. The van der Waals surface area contributed by atoms with Crippen LogP contribution in [0, 0.1) is 6.07 Å². The third-order valence-electron chi connectivity index (χ3n) is 4.70. The minimum atomic E-state index is 1.17. The highest BCUT2D eigenvalue weighted by molar-refractivity contribution is 6.02. The molecule has 5 aromatic rings. The number of hydrogen-bond donors (Lipinski definition) is 0. The molecule has 0 N–H and O–H groups in total. The van der Waals surface area contributed by atoms with Gasteiger partial charge in [0, 0.05) is 0 Å². The molecule has 0 aliphatic heterocycles. The van der Waals surface area contributed by atoms with Gasteiger partial charge in [-0.1, -0.05) is 78.9 Å². The van der Waals surface area contributed by atoms with E-state index in [1.165, 1.54) is 43.4 Å². The second kappa shape index (κ2) is 5.21. The summed E-state index contributed by atoms with van der Waals surface area (Å²) in [6, 6.07) is 35.9. The maximum atomic E-state index is 3.57. The van der Waals surface area contributed by atoms with Gasteiger partial charge in [0.2, 0.25) is 0 Å². The molecule has 0 saturated heterocycles. The molecule has 0 amide bonds. The SMILES string of the molecule is [c]1c2ccccc2cc2ccc(-c3cccc4ccccc34)cc12. The van der Waals surface area contributed by atoms with Crippen LogP contribution < -0.4 is 0 Å². The number of hydrogen-bond acceptors (Lipinski definition) is 0. The van der Waals surface area contributed by atoms with Crippen molar-refractivity contribution < 1.29 is 0 Å². The van der Waals surface area contributed by atoms with E-state index in [4.69, 9.17) is 0 Å². The molecule has 0 aromatic heterocycles. The van der Waals surface area contributed by atoms with E-state index >= 15 is 0 Å². The molecule has 5 rings (SSSR count). The summed E-state index contributed by atoms with van der Waals surface area (Å²) < 4.78 is 0. The fourth-order valence-corrected chi connectivity index (χ4v) is 3.48. The van der Waals surface area contributed by atoms with Crippen molar-refractivity contribution in [3.05, 3.63) is 97.1 Å². The molecule has 0 spiro atoms. The number of fused-ring (bicyclic) bond motifs is 3. The lowest BCUT2D eigenvalue weighted by Gasteiger charge is -2.09. The molecular formula is C24H15.